The van der Waals surface area contributed by atoms with Crippen LogP contribution in [0.3, 0.4) is 0 Å². The maximum Gasteiger partial charge on any atom is 0.193 e. The smallest absolute Gasteiger partial charge is 0.193 e. The Morgan fingerprint density at radius 1 is 0.909 bits per heavy atom. The van der Waals surface area contributed by atoms with E-state index in [4.69, 9.17) is 0 Å². The minimum absolute atomic E-state index is 0.0293. The summed E-state index contributed by atoms with van der Waals surface area (Å²) in [7, 11) is 0. The van der Waals surface area contributed by atoms with Crippen molar-refractivity contribution in [3.8, 4) is 6.07 Å². The number of nitrogens with zero attached hydrogens (tertiary/aromatic N) is 1. The van der Waals surface area contributed by atoms with Crippen LogP contribution >= 0.6 is 0 Å². The summed E-state index contributed by atoms with van der Waals surface area (Å²) in [6, 6.07) is 17.1. The van der Waals surface area contributed by atoms with Gasteiger partial charge in [-0.2, -0.15) is 5.26 Å². The molecule has 1 aliphatic rings. The van der Waals surface area contributed by atoms with Crippen LogP contribution in [0.5, 0.6) is 0 Å². The molecule has 2 aromatic carbocycles. The van der Waals surface area contributed by atoms with E-state index in [-0.39, 0.29) is 5.78 Å². The highest BCUT2D eigenvalue weighted by Gasteiger charge is 2.25. The van der Waals surface area contributed by atoms with Gasteiger partial charge >= 0.3 is 0 Å². The van der Waals surface area contributed by atoms with Crippen LogP contribution in [0.2, 0.25) is 12.6 Å². The van der Waals surface area contributed by atoms with E-state index in [1.807, 2.05) is 24.3 Å². The molecule has 0 saturated carbocycles. The van der Waals surface area contributed by atoms with Crippen molar-refractivity contribution in [2.45, 2.75) is 31.9 Å². The van der Waals surface area contributed by atoms with E-state index in [9.17, 15) is 10.1 Å². The standard InChI is InChI=1S/C19H18BNO/c21-14-15-8-2-3-9-16(15)19(22)17-10-4-5-11-18(17)20-12-6-1-7-13-20/h2-5,8-11H,1,6-7,12-13H2. The Bertz CT molecular complexity index is 726. The average molecular weight is 287 g/mol. The summed E-state index contributed by atoms with van der Waals surface area (Å²) < 4.78 is 0. The van der Waals surface area contributed by atoms with Crippen molar-refractivity contribution in [1.29, 1.82) is 5.26 Å². The second-order valence-corrected chi connectivity index (χ2v) is 5.91. The van der Waals surface area contributed by atoms with Crippen LogP contribution in [0.1, 0.15) is 40.7 Å². The van der Waals surface area contributed by atoms with E-state index in [1.165, 1.54) is 19.3 Å². The van der Waals surface area contributed by atoms with Crippen LogP contribution in [0, 0.1) is 11.3 Å². The summed E-state index contributed by atoms with van der Waals surface area (Å²) in [5, 5.41) is 9.23. The van der Waals surface area contributed by atoms with Gasteiger partial charge in [-0.25, -0.2) is 0 Å². The molecule has 1 aliphatic heterocycles. The van der Waals surface area contributed by atoms with Crippen molar-refractivity contribution in [3.05, 3.63) is 65.2 Å². The fourth-order valence-corrected chi connectivity index (χ4v) is 3.40. The number of hydrogen-bond donors (Lipinski definition) is 0. The van der Waals surface area contributed by atoms with Crippen molar-refractivity contribution >= 4 is 18.0 Å². The fourth-order valence-electron chi connectivity index (χ4n) is 3.40. The molecule has 0 aromatic heterocycles. The molecule has 3 rings (SSSR count). The molecule has 0 N–H and O–H groups in total. The second kappa shape index (κ2) is 6.62. The minimum atomic E-state index is -0.0293. The van der Waals surface area contributed by atoms with Crippen LogP contribution in [-0.2, 0) is 0 Å². The second-order valence-electron chi connectivity index (χ2n) is 5.91. The molecular weight excluding hydrogens is 269 g/mol. The third-order valence-corrected chi connectivity index (χ3v) is 4.54. The molecule has 1 fully saturated rings. The summed E-state index contributed by atoms with van der Waals surface area (Å²) in [4.78, 5) is 12.9. The SMILES string of the molecule is N#Cc1ccccc1C(=O)c1ccccc1B1CCCCC1. The number of ketones is 1. The third kappa shape index (κ3) is 2.83. The predicted molar refractivity (Wildman–Crippen MR) is 89.9 cm³/mol. The number of carbonyl (C=O) groups excluding carboxylic acids is 1. The Hall–Kier alpha value is -2.34. The zero-order chi connectivity index (χ0) is 15.4. The molecule has 108 valence electrons. The van der Waals surface area contributed by atoms with E-state index in [1.54, 1.807) is 18.2 Å². The summed E-state index contributed by atoms with van der Waals surface area (Å²) in [6.07, 6.45) is 6.09. The van der Waals surface area contributed by atoms with E-state index in [2.05, 4.69) is 12.1 Å². The molecule has 0 aliphatic carbocycles. The first-order chi connectivity index (χ1) is 10.8. The lowest BCUT2D eigenvalue weighted by Gasteiger charge is -2.21. The van der Waals surface area contributed by atoms with E-state index < -0.39 is 0 Å². The largest absolute Gasteiger partial charge is 0.289 e. The lowest BCUT2D eigenvalue weighted by atomic mass is 9.37. The molecule has 0 spiro atoms. The normalized spacial score (nSPS) is 14.4. The fraction of sp³-hybridized carbons (Fsp3) is 0.263. The number of hydrogen-bond acceptors (Lipinski definition) is 2. The Morgan fingerprint density at radius 2 is 1.55 bits per heavy atom. The molecule has 0 atom stereocenters. The Labute approximate surface area is 131 Å². The monoisotopic (exact) mass is 287 g/mol. The molecule has 2 nitrogen and oxygen atoms in total. The highest BCUT2D eigenvalue weighted by molar-refractivity contribution is 6.74. The van der Waals surface area contributed by atoms with Gasteiger partial charge in [0.15, 0.2) is 12.5 Å². The van der Waals surface area contributed by atoms with E-state index in [0.29, 0.717) is 17.8 Å². The lowest BCUT2D eigenvalue weighted by molar-refractivity contribution is 0.103. The van der Waals surface area contributed by atoms with Gasteiger partial charge in [0.05, 0.1) is 11.6 Å². The molecule has 0 radical (unpaired) electrons. The van der Waals surface area contributed by atoms with Crippen molar-refractivity contribution in [2.24, 2.45) is 0 Å². The Balaban J connectivity index is 2.01. The summed E-state index contributed by atoms with van der Waals surface area (Å²) in [6.45, 7) is 0.475. The van der Waals surface area contributed by atoms with Gasteiger partial charge < -0.3 is 0 Å². The number of nitriles is 1. The van der Waals surface area contributed by atoms with Crippen LogP contribution in [0.4, 0.5) is 0 Å². The minimum Gasteiger partial charge on any atom is -0.289 e. The quantitative estimate of drug-likeness (QED) is 0.638. The Kier molecular flexibility index (Phi) is 4.39. The molecule has 22 heavy (non-hydrogen) atoms. The molecule has 0 amide bonds. The molecule has 2 aromatic rings. The van der Waals surface area contributed by atoms with Crippen molar-refractivity contribution in [2.75, 3.05) is 0 Å². The average Bonchev–Trinajstić information content (AvgIpc) is 2.62. The topological polar surface area (TPSA) is 40.9 Å². The van der Waals surface area contributed by atoms with Gasteiger partial charge in [0.1, 0.15) is 0 Å². The van der Waals surface area contributed by atoms with Gasteiger partial charge in [-0.1, -0.05) is 73.8 Å². The first-order valence-electron chi connectivity index (χ1n) is 7.94. The Morgan fingerprint density at radius 3 is 2.27 bits per heavy atom. The van der Waals surface area contributed by atoms with Gasteiger partial charge in [-0.15, -0.1) is 0 Å². The molecule has 1 saturated heterocycles. The summed E-state index contributed by atoms with van der Waals surface area (Å²) >= 11 is 0. The van der Waals surface area contributed by atoms with Crippen molar-refractivity contribution in [1.82, 2.24) is 0 Å². The molecule has 0 bridgehead atoms. The predicted octanol–water partition coefficient (Wildman–Crippen LogP) is 3.67. The zero-order valence-electron chi connectivity index (χ0n) is 12.6. The zero-order valence-corrected chi connectivity index (χ0v) is 12.6. The van der Waals surface area contributed by atoms with Crippen LogP contribution in [0.15, 0.2) is 48.5 Å². The molecular formula is C19H18BNO. The van der Waals surface area contributed by atoms with Crippen LogP contribution in [-0.4, -0.2) is 12.5 Å². The number of carbonyl (C=O) groups is 1. The van der Waals surface area contributed by atoms with E-state index in [0.717, 1.165) is 23.7 Å². The first-order valence-corrected chi connectivity index (χ1v) is 7.94. The van der Waals surface area contributed by atoms with Crippen LogP contribution in [0.25, 0.3) is 0 Å². The molecule has 1 heterocycles. The highest BCUT2D eigenvalue weighted by atomic mass is 16.1. The van der Waals surface area contributed by atoms with Crippen molar-refractivity contribution < 1.29 is 4.79 Å². The maximum absolute atomic E-state index is 12.9. The number of rotatable bonds is 3. The van der Waals surface area contributed by atoms with Gasteiger partial charge in [0.25, 0.3) is 0 Å². The summed E-state index contributed by atoms with van der Waals surface area (Å²) in [5.41, 5.74) is 2.87. The maximum atomic E-state index is 12.9. The lowest BCUT2D eigenvalue weighted by Crippen LogP contribution is -2.36. The highest BCUT2D eigenvalue weighted by Crippen LogP contribution is 2.21. The van der Waals surface area contributed by atoms with Gasteiger partial charge in [-0.05, 0) is 12.1 Å². The van der Waals surface area contributed by atoms with Gasteiger partial charge in [-0.3, -0.25) is 4.79 Å². The molecule has 0 unspecified atom stereocenters. The van der Waals surface area contributed by atoms with E-state index >= 15 is 0 Å². The first kappa shape index (κ1) is 14.6. The van der Waals surface area contributed by atoms with Crippen molar-refractivity contribution in [3.63, 3.8) is 0 Å². The third-order valence-electron chi connectivity index (χ3n) is 4.54. The van der Waals surface area contributed by atoms with Gasteiger partial charge in [0.2, 0.25) is 0 Å². The number of benzene rings is 2. The van der Waals surface area contributed by atoms with Gasteiger partial charge in [0, 0.05) is 11.1 Å². The van der Waals surface area contributed by atoms with Crippen LogP contribution < -0.4 is 5.46 Å². The molecule has 3 heteroatoms. The summed E-state index contributed by atoms with van der Waals surface area (Å²) in [5.74, 6) is -0.0293.